The van der Waals surface area contributed by atoms with E-state index in [0.717, 1.165) is 30.7 Å². The molecule has 0 radical (unpaired) electrons. The molecule has 0 fully saturated rings. The molecule has 0 spiro atoms. The zero-order valence-electron chi connectivity index (χ0n) is 9.02. The molecule has 0 aromatic rings. The molecule has 2 aliphatic carbocycles. The molecular weight excluding hydrogens is 206 g/mol. The summed E-state index contributed by atoms with van der Waals surface area (Å²) in [5, 5.41) is 8.94. The van der Waals surface area contributed by atoms with Gasteiger partial charge in [0.05, 0.1) is 5.71 Å². The molecule has 0 aromatic carbocycles. The number of allylic oxidation sites excluding steroid dienone is 6. The van der Waals surface area contributed by atoms with Gasteiger partial charge in [0.2, 0.25) is 0 Å². The van der Waals surface area contributed by atoms with E-state index in [-0.39, 0.29) is 0 Å². The molecule has 0 saturated heterocycles. The van der Waals surface area contributed by atoms with E-state index in [1.807, 2.05) is 6.08 Å². The molecular formula is C13H16ClN. The third kappa shape index (κ3) is 2.23. The summed E-state index contributed by atoms with van der Waals surface area (Å²) >= 11 is 5.96. The molecule has 2 aliphatic rings. The second-order valence-corrected chi connectivity index (χ2v) is 4.81. The molecule has 0 aliphatic heterocycles. The van der Waals surface area contributed by atoms with Crippen LogP contribution in [0, 0.1) is 11.3 Å². The van der Waals surface area contributed by atoms with E-state index in [1.165, 1.54) is 11.1 Å². The lowest BCUT2D eigenvalue weighted by Crippen LogP contribution is -2.15. The third-order valence-electron chi connectivity index (χ3n) is 3.17. The van der Waals surface area contributed by atoms with Gasteiger partial charge in [-0.1, -0.05) is 36.2 Å². The van der Waals surface area contributed by atoms with Gasteiger partial charge >= 0.3 is 0 Å². The zero-order chi connectivity index (χ0) is 10.8. The van der Waals surface area contributed by atoms with Crippen LogP contribution in [0.2, 0.25) is 0 Å². The molecule has 80 valence electrons. The zero-order valence-corrected chi connectivity index (χ0v) is 9.77. The quantitative estimate of drug-likeness (QED) is 0.634. The fourth-order valence-corrected chi connectivity index (χ4v) is 2.53. The van der Waals surface area contributed by atoms with Gasteiger partial charge in [0.25, 0.3) is 0 Å². The van der Waals surface area contributed by atoms with Crippen LogP contribution < -0.4 is 0 Å². The summed E-state index contributed by atoms with van der Waals surface area (Å²) in [4.78, 5) is 0. The highest BCUT2D eigenvalue weighted by molar-refractivity contribution is 6.29. The van der Waals surface area contributed by atoms with Gasteiger partial charge in [-0.05, 0) is 43.3 Å². The highest BCUT2D eigenvalue weighted by Gasteiger charge is 2.20. The van der Waals surface area contributed by atoms with Gasteiger partial charge < -0.3 is 5.41 Å². The van der Waals surface area contributed by atoms with E-state index in [0.29, 0.717) is 11.6 Å². The molecule has 0 saturated carbocycles. The maximum absolute atomic E-state index is 7.96. The van der Waals surface area contributed by atoms with Crippen molar-refractivity contribution in [3.05, 3.63) is 34.4 Å². The number of halogens is 1. The minimum atomic E-state index is 0.503. The first-order chi connectivity index (χ1) is 7.18. The molecule has 0 amide bonds. The van der Waals surface area contributed by atoms with Crippen molar-refractivity contribution >= 4 is 17.3 Å². The van der Waals surface area contributed by atoms with Crippen molar-refractivity contribution in [2.45, 2.75) is 32.6 Å². The minimum Gasteiger partial charge on any atom is -0.301 e. The predicted octanol–water partition coefficient (Wildman–Crippen LogP) is 4.21. The van der Waals surface area contributed by atoms with Crippen LogP contribution in [0.25, 0.3) is 0 Å². The first-order valence-electron chi connectivity index (χ1n) is 5.50. The average molecular weight is 222 g/mol. The fraction of sp³-hybridized carbons (Fsp3) is 0.462. The molecule has 15 heavy (non-hydrogen) atoms. The van der Waals surface area contributed by atoms with Gasteiger partial charge in [-0.2, -0.15) is 0 Å². The first kappa shape index (κ1) is 10.7. The van der Waals surface area contributed by atoms with E-state index in [9.17, 15) is 0 Å². The van der Waals surface area contributed by atoms with Crippen LogP contribution in [0.15, 0.2) is 34.4 Å². The van der Waals surface area contributed by atoms with E-state index >= 15 is 0 Å². The summed E-state index contributed by atoms with van der Waals surface area (Å²) in [6.45, 7) is 2.21. The van der Waals surface area contributed by atoms with Crippen LogP contribution in [0.1, 0.15) is 32.6 Å². The fourth-order valence-electron chi connectivity index (χ4n) is 2.36. The summed E-state index contributed by atoms with van der Waals surface area (Å²) in [6, 6.07) is 0. The molecule has 1 nitrogen and oxygen atoms in total. The third-order valence-corrected chi connectivity index (χ3v) is 3.52. The molecule has 0 bridgehead atoms. The Morgan fingerprint density at radius 1 is 1.40 bits per heavy atom. The maximum atomic E-state index is 7.96. The Hall–Kier alpha value is -0.820. The van der Waals surface area contributed by atoms with E-state index in [1.54, 1.807) is 0 Å². The number of nitrogens with one attached hydrogen (secondary N) is 1. The Labute approximate surface area is 96.0 Å². The SMILES string of the molecule is CC1CC=CC(=N)/C1=C1\CC=C(Cl)CC1. The van der Waals surface area contributed by atoms with E-state index in [4.69, 9.17) is 17.0 Å². The molecule has 0 aromatic heterocycles. The second kappa shape index (κ2) is 4.36. The molecule has 1 N–H and O–H groups in total. The van der Waals surface area contributed by atoms with Crippen LogP contribution in [-0.4, -0.2) is 5.71 Å². The van der Waals surface area contributed by atoms with Crippen molar-refractivity contribution in [3.8, 4) is 0 Å². The summed E-state index contributed by atoms with van der Waals surface area (Å²) in [6.07, 6.45) is 10.1. The maximum Gasteiger partial charge on any atom is 0.0571 e. The highest BCUT2D eigenvalue weighted by Crippen LogP contribution is 2.33. The highest BCUT2D eigenvalue weighted by atomic mass is 35.5. The summed E-state index contributed by atoms with van der Waals surface area (Å²) in [5.41, 5.74) is 3.38. The monoisotopic (exact) mass is 221 g/mol. The summed E-state index contributed by atoms with van der Waals surface area (Å²) in [7, 11) is 0. The van der Waals surface area contributed by atoms with Crippen molar-refractivity contribution in [2.75, 3.05) is 0 Å². The predicted molar refractivity (Wildman–Crippen MR) is 65.5 cm³/mol. The van der Waals surface area contributed by atoms with Gasteiger partial charge in [-0.3, -0.25) is 0 Å². The minimum absolute atomic E-state index is 0.503. The van der Waals surface area contributed by atoms with Crippen LogP contribution in [0.4, 0.5) is 0 Å². The van der Waals surface area contributed by atoms with Gasteiger partial charge in [0, 0.05) is 5.03 Å². The van der Waals surface area contributed by atoms with Crippen molar-refractivity contribution in [2.24, 2.45) is 5.92 Å². The van der Waals surface area contributed by atoms with Crippen LogP contribution >= 0.6 is 11.6 Å². The largest absolute Gasteiger partial charge is 0.301 e. The Morgan fingerprint density at radius 2 is 2.20 bits per heavy atom. The Kier molecular flexibility index (Phi) is 3.11. The Balaban J connectivity index is 2.31. The summed E-state index contributed by atoms with van der Waals surface area (Å²) in [5.74, 6) is 0.503. The summed E-state index contributed by atoms with van der Waals surface area (Å²) < 4.78 is 0. The Morgan fingerprint density at radius 3 is 2.80 bits per heavy atom. The lowest BCUT2D eigenvalue weighted by molar-refractivity contribution is 0.689. The molecule has 1 unspecified atom stereocenters. The average Bonchev–Trinajstić information content (AvgIpc) is 2.20. The van der Waals surface area contributed by atoms with Gasteiger partial charge in [0.15, 0.2) is 0 Å². The standard InChI is InChI=1S/C13H16ClN/c1-9-3-2-4-12(15)13(9)10-5-7-11(14)8-6-10/h2,4,7,9,15H,3,5-6,8H2,1H3/b13-10+,15-12?. The number of hydrogen-bond acceptors (Lipinski definition) is 1. The smallest absolute Gasteiger partial charge is 0.0571 e. The van der Waals surface area contributed by atoms with Crippen molar-refractivity contribution < 1.29 is 0 Å². The van der Waals surface area contributed by atoms with Gasteiger partial charge in [-0.25, -0.2) is 0 Å². The second-order valence-electron chi connectivity index (χ2n) is 4.33. The van der Waals surface area contributed by atoms with Crippen molar-refractivity contribution in [3.63, 3.8) is 0 Å². The Bertz CT molecular complexity index is 374. The number of hydrogen-bond donors (Lipinski definition) is 1. The normalized spacial score (nSPS) is 31.7. The van der Waals surface area contributed by atoms with Crippen molar-refractivity contribution in [1.82, 2.24) is 0 Å². The van der Waals surface area contributed by atoms with E-state index in [2.05, 4.69) is 19.1 Å². The topological polar surface area (TPSA) is 23.9 Å². The van der Waals surface area contributed by atoms with E-state index < -0.39 is 0 Å². The lowest BCUT2D eigenvalue weighted by Gasteiger charge is -2.24. The van der Waals surface area contributed by atoms with Gasteiger partial charge in [0.1, 0.15) is 0 Å². The lowest BCUT2D eigenvalue weighted by atomic mass is 9.82. The van der Waals surface area contributed by atoms with Crippen LogP contribution in [0.5, 0.6) is 0 Å². The molecule has 0 heterocycles. The van der Waals surface area contributed by atoms with Crippen LogP contribution in [-0.2, 0) is 0 Å². The first-order valence-corrected chi connectivity index (χ1v) is 5.88. The van der Waals surface area contributed by atoms with Crippen molar-refractivity contribution in [1.29, 1.82) is 5.41 Å². The van der Waals surface area contributed by atoms with Crippen LogP contribution in [0.3, 0.4) is 0 Å². The molecule has 2 rings (SSSR count). The molecule has 2 heteroatoms. The van der Waals surface area contributed by atoms with Gasteiger partial charge in [-0.15, -0.1) is 0 Å². The molecule has 1 atom stereocenters. The number of rotatable bonds is 0.